The minimum absolute atomic E-state index is 0.178. The normalized spacial score (nSPS) is 21.6. The first-order valence-electron chi connectivity index (χ1n) is 5.96. The molecule has 5 nitrogen and oxygen atoms in total. The van der Waals surface area contributed by atoms with Crippen LogP contribution in [-0.4, -0.2) is 30.9 Å². The molecule has 1 fully saturated rings. The minimum Gasteiger partial charge on any atom is -0.493 e. The highest BCUT2D eigenvalue weighted by Gasteiger charge is 2.51. The summed E-state index contributed by atoms with van der Waals surface area (Å²) in [5.74, 6) is -0.0156. The Balaban J connectivity index is 1.92. The molecular weight excluding hydrogens is 234 g/mol. The maximum Gasteiger partial charge on any atom is 0.316 e. The van der Waals surface area contributed by atoms with E-state index in [0.717, 1.165) is 23.3 Å². The second-order valence-corrected chi connectivity index (χ2v) is 4.90. The van der Waals surface area contributed by atoms with Crippen LogP contribution in [0.5, 0.6) is 5.75 Å². The number of nitrogens with two attached hydrogens (primary N) is 1. The van der Waals surface area contributed by atoms with Crippen molar-refractivity contribution >= 4 is 5.97 Å². The highest BCUT2D eigenvalue weighted by molar-refractivity contribution is 5.77. The molecule has 1 aromatic rings. The number of carboxylic acid groups (broad SMARTS) is 1. The van der Waals surface area contributed by atoms with Gasteiger partial charge >= 0.3 is 5.97 Å². The van der Waals surface area contributed by atoms with Crippen molar-refractivity contribution in [1.82, 2.24) is 0 Å². The molecule has 0 saturated carbocycles. The van der Waals surface area contributed by atoms with Crippen LogP contribution in [0.4, 0.5) is 0 Å². The van der Waals surface area contributed by atoms with Crippen molar-refractivity contribution in [3.8, 4) is 5.75 Å². The van der Waals surface area contributed by atoms with Gasteiger partial charge in [0.1, 0.15) is 11.2 Å². The molecular formula is C13H15NO4. The third kappa shape index (κ3) is 1.51. The minimum atomic E-state index is -0.978. The molecule has 5 heteroatoms. The maximum absolute atomic E-state index is 11.4. The van der Waals surface area contributed by atoms with Gasteiger partial charge in [-0.2, -0.15) is 0 Å². The lowest BCUT2D eigenvalue weighted by atomic mass is 9.75. The average Bonchev–Trinajstić information content (AvgIpc) is 2.73. The smallest absolute Gasteiger partial charge is 0.316 e. The number of aliphatic carboxylic acids is 1. The zero-order valence-corrected chi connectivity index (χ0v) is 9.89. The molecule has 0 aliphatic carbocycles. The van der Waals surface area contributed by atoms with Crippen molar-refractivity contribution in [2.45, 2.75) is 12.5 Å². The zero-order valence-electron chi connectivity index (χ0n) is 9.89. The molecule has 2 aliphatic rings. The molecule has 3 N–H and O–H groups in total. The molecule has 0 amide bonds. The highest BCUT2D eigenvalue weighted by atomic mass is 16.5. The molecule has 1 aromatic carbocycles. The topological polar surface area (TPSA) is 81.8 Å². The summed E-state index contributed by atoms with van der Waals surface area (Å²) in [6.45, 7) is 1.04. The molecule has 1 unspecified atom stereocenters. The Bertz CT molecular complexity index is 496. The van der Waals surface area contributed by atoms with Crippen molar-refractivity contribution in [2.24, 2.45) is 11.1 Å². The van der Waals surface area contributed by atoms with Crippen LogP contribution in [0.1, 0.15) is 17.2 Å². The predicted octanol–water partition coefficient (Wildman–Crippen LogP) is 0.723. The number of benzene rings is 1. The average molecular weight is 249 g/mol. The van der Waals surface area contributed by atoms with E-state index < -0.39 is 17.4 Å². The van der Waals surface area contributed by atoms with Crippen molar-refractivity contribution in [3.63, 3.8) is 0 Å². The molecule has 1 saturated heterocycles. The predicted molar refractivity (Wildman–Crippen MR) is 63.5 cm³/mol. The first-order chi connectivity index (χ1) is 8.63. The van der Waals surface area contributed by atoms with Gasteiger partial charge in [0, 0.05) is 6.42 Å². The Morgan fingerprint density at radius 2 is 2.22 bits per heavy atom. The molecule has 18 heavy (non-hydrogen) atoms. The summed E-state index contributed by atoms with van der Waals surface area (Å²) in [4.78, 5) is 11.4. The second-order valence-electron chi connectivity index (χ2n) is 4.90. The van der Waals surface area contributed by atoms with Gasteiger partial charge in [0.25, 0.3) is 0 Å². The lowest BCUT2D eigenvalue weighted by Crippen LogP contribution is -2.55. The fraction of sp³-hybridized carbons (Fsp3) is 0.462. The monoisotopic (exact) mass is 249 g/mol. The van der Waals surface area contributed by atoms with Gasteiger partial charge in [0.15, 0.2) is 0 Å². The van der Waals surface area contributed by atoms with Crippen LogP contribution in [0.3, 0.4) is 0 Å². The van der Waals surface area contributed by atoms with E-state index in [1.165, 1.54) is 0 Å². The Morgan fingerprint density at radius 1 is 1.44 bits per heavy atom. The Morgan fingerprint density at radius 3 is 2.83 bits per heavy atom. The highest BCUT2D eigenvalue weighted by Crippen LogP contribution is 2.40. The number of carboxylic acids is 1. The fourth-order valence-corrected chi connectivity index (χ4v) is 2.48. The van der Waals surface area contributed by atoms with Gasteiger partial charge in [-0.25, -0.2) is 0 Å². The summed E-state index contributed by atoms with van der Waals surface area (Å²) in [6, 6.07) is 5.12. The van der Waals surface area contributed by atoms with Gasteiger partial charge in [-0.15, -0.1) is 0 Å². The first-order valence-corrected chi connectivity index (χ1v) is 5.96. The van der Waals surface area contributed by atoms with E-state index in [4.69, 9.17) is 15.2 Å². The molecule has 96 valence electrons. The van der Waals surface area contributed by atoms with Crippen LogP contribution in [0, 0.1) is 5.41 Å². The number of hydrogen-bond acceptors (Lipinski definition) is 4. The Kier molecular flexibility index (Phi) is 2.53. The number of fused-ring (bicyclic) bond motifs is 1. The first kappa shape index (κ1) is 11.5. The molecule has 3 rings (SSSR count). The van der Waals surface area contributed by atoms with Crippen LogP contribution < -0.4 is 10.5 Å². The van der Waals surface area contributed by atoms with Crippen molar-refractivity contribution in [2.75, 3.05) is 19.8 Å². The van der Waals surface area contributed by atoms with E-state index in [1.54, 1.807) is 0 Å². The lowest BCUT2D eigenvalue weighted by molar-refractivity contribution is -0.184. The van der Waals surface area contributed by atoms with E-state index in [2.05, 4.69) is 0 Å². The molecule has 2 aliphatic heterocycles. The molecule has 1 atom stereocenters. The molecule has 0 bridgehead atoms. The Labute approximate surface area is 104 Å². The SMILES string of the molecule is NC(c1ccc2c(c1)CCO2)C1(C(=O)O)COC1. The standard InChI is InChI=1S/C13H15NO4/c14-11(13(12(15)16)6-17-7-13)9-1-2-10-8(5-9)3-4-18-10/h1-2,5,11H,3-4,6-7,14H2,(H,15,16). The zero-order chi connectivity index (χ0) is 12.8. The summed E-state index contributed by atoms with van der Waals surface area (Å²) >= 11 is 0. The summed E-state index contributed by atoms with van der Waals surface area (Å²) in [5.41, 5.74) is 7.09. The largest absolute Gasteiger partial charge is 0.493 e. The van der Waals surface area contributed by atoms with Gasteiger partial charge in [0.2, 0.25) is 0 Å². The quantitative estimate of drug-likeness (QED) is 0.825. The van der Waals surface area contributed by atoms with E-state index >= 15 is 0 Å². The van der Waals surface area contributed by atoms with E-state index in [-0.39, 0.29) is 13.2 Å². The van der Waals surface area contributed by atoms with Crippen molar-refractivity contribution in [1.29, 1.82) is 0 Å². The van der Waals surface area contributed by atoms with Crippen LogP contribution in [-0.2, 0) is 16.0 Å². The van der Waals surface area contributed by atoms with Crippen LogP contribution in [0.15, 0.2) is 18.2 Å². The number of hydrogen-bond donors (Lipinski definition) is 2. The summed E-state index contributed by atoms with van der Waals surface area (Å²) < 4.78 is 10.5. The second kappa shape index (κ2) is 3.96. The summed E-state index contributed by atoms with van der Waals surface area (Å²) in [7, 11) is 0. The van der Waals surface area contributed by atoms with E-state index in [9.17, 15) is 9.90 Å². The third-order valence-electron chi connectivity index (χ3n) is 3.81. The summed E-state index contributed by atoms with van der Waals surface area (Å²) in [5, 5.41) is 9.32. The van der Waals surface area contributed by atoms with Crippen LogP contribution in [0.25, 0.3) is 0 Å². The third-order valence-corrected chi connectivity index (χ3v) is 3.81. The number of carbonyl (C=O) groups is 1. The number of rotatable bonds is 3. The molecule has 0 radical (unpaired) electrons. The van der Waals surface area contributed by atoms with Crippen LogP contribution in [0.2, 0.25) is 0 Å². The lowest BCUT2D eigenvalue weighted by Gasteiger charge is -2.42. The van der Waals surface area contributed by atoms with Gasteiger partial charge in [-0.3, -0.25) is 4.79 Å². The summed E-state index contributed by atoms with van der Waals surface area (Å²) in [6.07, 6.45) is 0.854. The van der Waals surface area contributed by atoms with Gasteiger partial charge in [-0.05, 0) is 17.2 Å². The molecule has 0 spiro atoms. The Hall–Kier alpha value is -1.59. The molecule has 2 heterocycles. The maximum atomic E-state index is 11.4. The van der Waals surface area contributed by atoms with E-state index in [0.29, 0.717) is 6.61 Å². The van der Waals surface area contributed by atoms with Gasteiger partial charge in [-0.1, -0.05) is 12.1 Å². The molecule has 0 aromatic heterocycles. The van der Waals surface area contributed by atoms with Crippen LogP contribution >= 0.6 is 0 Å². The fourth-order valence-electron chi connectivity index (χ4n) is 2.48. The van der Waals surface area contributed by atoms with E-state index in [1.807, 2.05) is 18.2 Å². The van der Waals surface area contributed by atoms with Gasteiger partial charge in [0.05, 0.1) is 25.9 Å². The van der Waals surface area contributed by atoms with Crippen molar-refractivity contribution in [3.05, 3.63) is 29.3 Å². The van der Waals surface area contributed by atoms with Crippen molar-refractivity contribution < 1.29 is 19.4 Å². The van der Waals surface area contributed by atoms with Gasteiger partial charge < -0.3 is 20.3 Å². The number of ether oxygens (including phenoxy) is 2.